The fourth-order valence-corrected chi connectivity index (χ4v) is 3.15. The van der Waals surface area contributed by atoms with Crippen LogP contribution >= 0.6 is 23.1 Å². The maximum atomic E-state index is 11.0. The third-order valence-corrected chi connectivity index (χ3v) is 4.45. The molecular formula is C12H14N4OS2. The fourth-order valence-electron chi connectivity index (χ4n) is 1.31. The summed E-state index contributed by atoms with van der Waals surface area (Å²) in [7, 11) is 0. The van der Waals surface area contributed by atoms with E-state index in [0.29, 0.717) is 6.54 Å². The van der Waals surface area contributed by atoms with Gasteiger partial charge >= 0.3 is 0 Å². The maximum absolute atomic E-state index is 11.0. The normalized spacial score (nSPS) is 12.1. The van der Waals surface area contributed by atoms with E-state index in [1.165, 1.54) is 28.7 Å². The first-order valence-corrected chi connectivity index (χ1v) is 7.42. The average Bonchev–Trinajstić information content (AvgIpc) is 2.85. The topological polar surface area (TPSA) is 80.9 Å². The SMILES string of the molecule is CC(Sc1nnc(NCc2ccccc2)s1)C(N)=O. The van der Waals surface area contributed by atoms with Crippen molar-refractivity contribution in [2.75, 3.05) is 5.32 Å². The van der Waals surface area contributed by atoms with Crippen LogP contribution in [0.15, 0.2) is 34.7 Å². The molecule has 19 heavy (non-hydrogen) atoms. The Morgan fingerprint density at radius 1 is 1.42 bits per heavy atom. The Hall–Kier alpha value is -1.60. The molecule has 7 heteroatoms. The predicted octanol–water partition coefficient (Wildman–Crippen LogP) is 2.12. The molecule has 0 saturated heterocycles. The molecular weight excluding hydrogens is 280 g/mol. The Labute approximate surface area is 119 Å². The van der Waals surface area contributed by atoms with E-state index in [1.54, 1.807) is 6.92 Å². The van der Waals surface area contributed by atoms with Crippen LogP contribution in [0.4, 0.5) is 5.13 Å². The van der Waals surface area contributed by atoms with Crippen LogP contribution in [0.2, 0.25) is 0 Å². The van der Waals surface area contributed by atoms with E-state index in [2.05, 4.69) is 15.5 Å². The van der Waals surface area contributed by atoms with Crippen molar-refractivity contribution in [3.63, 3.8) is 0 Å². The van der Waals surface area contributed by atoms with E-state index in [-0.39, 0.29) is 11.2 Å². The summed E-state index contributed by atoms with van der Waals surface area (Å²) in [5.41, 5.74) is 6.38. The Balaban J connectivity index is 1.89. The highest BCUT2D eigenvalue weighted by atomic mass is 32.2. The lowest BCUT2D eigenvalue weighted by Crippen LogP contribution is -2.22. The van der Waals surface area contributed by atoms with Gasteiger partial charge in [-0.1, -0.05) is 53.4 Å². The number of nitrogens with one attached hydrogen (secondary N) is 1. The van der Waals surface area contributed by atoms with E-state index in [0.717, 1.165) is 9.47 Å². The lowest BCUT2D eigenvalue weighted by Gasteiger charge is -2.02. The third-order valence-electron chi connectivity index (χ3n) is 2.37. The Morgan fingerprint density at radius 2 is 2.16 bits per heavy atom. The maximum Gasteiger partial charge on any atom is 0.230 e. The number of thioether (sulfide) groups is 1. The molecule has 1 atom stereocenters. The van der Waals surface area contributed by atoms with Crippen molar-refractivity contribution < 1.29 is 4.79 Å². The summed E-state index contributed by atoms with van der Waals surface area (Å²) in [6.45, 7) is 2.46. The lowest BCUT2D eigenvalue weighted by molar-refractivity contribution is -0.117. The molecule has 0 aliphatic heterocycles. The van der Waals surface area contributed by atoms with Gasteiger partial charge in [0.1, 0.15) is 0 Å². The van der Waals surface area contributed by atoms with Crippen LogP contribution in [0.25, 0.3) is 0 Å². The Morgan fingerprint density at radius 3 is 2.84 bits per heavy atom. The number of benzene rings is 1. The van der Waals surface area contributed by atoms with Gasteiger partial charge in [0.05, 0.1) is 5.25 Å². The second kappa shape index (κ2) is 6.53. The second-order valence-corrected chi connectivity index (χ2v) is 6.44. The molecule has 5 nitrogen and oxygen atoms in total. The zero-order valence-corrected chi connectivity index (χ0v) is 12.0. The first-order valence-electron chi connectivity index (χ1n) is 5.72. The van der Waals surface area contributed by atoms with Crippen molar-refractivity contribution in [2.45, 2.75) is 23.1 Å². The zero-order valence-electron chi connectivity index (χ0n) is 10.4. The number of hydrogen-bond acceptors (Lipinski definition) is 6. The summed E-state index contributed by atoms with van der Waals surface area (Å²) in [5, 5.41) is 11.7. The number of carbonyl (C=O) groups is 1. The number of anilines is 1. The quantitative estimate of drug-likeness (QED) is 0.798. The number of primary amides is 1. The first-order chi connectivity index (χ1) is 9.15. The molecule has 1 aromatic carbocycles. The molecule has 2 aromatic rings. The molecule has 1 unspecified atom stereocenters. The number of nitrogens with two attached hydrogens (primary N) is 1. The lowest BCUT2D eigenvalue weighted by atomic mass is 10.2. The van der Waals surface area contributed by atoms with Gasteiger partial charge in [-0.3, -0.25) is 4.79 Å². The molecule has 1 heterocycles. The monoisotopic (exact) mass is 294 g/mol. The summed E-state index contributed by atoms with van der Waals surface area (Å²) in [6.07, 6.45) is 0. The first kappa shape index (κ1) is 13.8. The molecule has 0 fully saturated rings. The minimum Gasteiger partial charge on any atom is -0.369 e. The number of aromatic nitrogens is 2. The van der Waals surface area contributed by atoms with E-state index in [4.69, 9.17) is 5.73 Å². The zero-order chi connectivity index (χ0) is 13.7. The van der Waals surface area contributed by atoms with Gasteiger partial charge in [0, 0.05) is 6.54 Å². The van der Waals surface area contributed by atoms with Gasteiger partial charge in [-0.15, -0.1) is 10.2 Å². The number of rotatable bonds is 6. The Bertz CT molecular complexity index is 544. The van der Waals surface area contributed by atoms with E-state index >= 15 is 0 Å². The van der Waals surface area contributed by atoms with Crippen molar-refractivity contribution in [2.24, 2.45) is 5.73 Å². The van der Waals surface area contributed by atoms with Gasteiger partial charge in [0.2, 0.25) is 11.0 Å². The highest BCUT2D eigenvalue weighted by Crippen LogP contribution is 2.28. The van der Waals surface area contributed by atoms with Gasteiger partial charge in [0.15, 0.2) is 4.34 Å². The van der Waals surface area contributed by atoms with Crippen LogP contribution in [0.5, 0.6) is 0 Å². The van der Waals surface area contributed by atoms with Gasteiger partial charge in [-0.2, -0.15) is 0 Å². The number of amides is 1. The number of hydrogen-bond donors (Lipinski definition) is 2. The molecule has 2 rings (SSSR count). The highest BCUT2D eigenvalue weighted by Gasteiger charge is 2.13. The fraction of sp³-hybridized carbons (Fsp3) is 0.250. The molecule has 1 aromatic heterocycles. The minimum atomic E-state index is -0.348. The molecule has 100 valence electrons. The van der Waals surface area contributed by atoms with Crippen LogP contribution in [0, 0.1) is 0 Å². The number of carbonyl (C=O) groups excluding carboxylic acids is 1. The van der Waals surface area contributed by atoms with Crippen LogP contribution in [-0.4, -0.2) is 21.4 Å². The largest absolute Gasteiger partial charge is 0.369 e. The molecule has 0 aliphatic carbocycles. The van der Waals surface area contributed by atoms with Crippen LogP contribution < -0.4 is 11.1 Å². The van der Waals surface area contributed by atoms with Gasteiger partial charge < -0.3 is 11.1 Å². The third kappa shape index (κ3) is 4.22. The Kier molecular flexibility index (Phi) is 4.75. The van der Waals surface area contributed by atoms with E-state index in [9.17, 15) is 4.79 Å². The predicted molar refractivity (Wildman–Crippen MR) is 78.2 cm³/mol. The van der Waals surface area contributed by atoms with Gasteiger partial charge in [0.25, 0.3) is 0 Å². The highest BCUT2D eigenvalue weighted by molar-refractivity contribution is 8.02. The smallest absolute Gasteiger partial charge is 0.230 e. The molecule has 1 amide bonds. The molecule has 0 spiro atoms. The van der Waals surface area contributed by atoms with Crippen LogP contribution in [0.1, 0.15) is 12.5 Å². The summed E-state index contributed by atoms with van der Waals surface area (Å²) in [6, 6.07) is 10.0. The molecule has 0 aliphatic rings. The number of nitrogens with zero attached hydrogens (tertiary/aromatic N) is 2. The van der Waals surface area contributed by atoms with Crippen molar-refractivity contribution in [1.29, 1.82) is 0 Å². The van der Waals surface area contributed by atoms with Crippen LogP contribution in [-0.2, 0) is 11.3 Å². The van der Waals surface area contributed by atoms with Crippen LogP contribution in [0.3, 0.4) is 0 Å². The minimum absolute atomic E-state index is 0.296. The van der Waals surface area contributed by atoms with Gasteiger partial charge in [-0.25, -0.2) is 0 Å². The van der Waals surface area contributed by atoms with Gasteiger partial charge in [-0.05, 0) is 12.5 Å². The van der Waals surface area contributed by atoms with Crippen molar-refractivity contribution >= 4 is 34.1 Å². The summed E-state index contributed by atoms with van der Waals surface area (Å²) < 4.78 is 0.738. The van der Waals surface area contributed by atoms with E-state index in [1.807, 2.05) is 30.3 Å². The molecule has 0 saturated carbocycles. The standard InChI is InChI=1S/C12H14N4OS2/c1-8(10(13)17)18-12-16-15-11(19-12)14-7-9-5-3-2-4-6-9/h2-6,8H,7H2,1H3,(H2,13,17)(H,14,15). The molecule has 3 N–H and O–H groups in total. The second-order valence-electron chi connectivity index (χ2n) is 3.87. The van der Waals surface area contributed by atoms with Crippen molar-refractivity contribution in [3.8, 4) is 0 Å². The summed E-state index contributed by atoms with van der Waals surface area (Å²) in [4.78, 5) is 11.0. The average molecular weight is 294 g/mol. The van der Waals surface area contributed by atoms with Crippen molar-refractivity contribution in [3.05, 3.63) is 35.9 Å². The molecule has 0 bridgehead atoms. The summed E-state index contributed by atoms with van der Waals surface area (Å²) in [5.74, 6) is -0.348. The van der Waals surface area contributed by atoms with E-state index < -0.39 is 0 Å². The molecule has 0 radical (unpaired) electrons. The summed E-state index contributed by atoms with van der Waals surface area (Å²) >= 11 is 2.74. The van der Waals surface area contributed by atoms with Crippen molar-refractivity contribution in [1.82, 2.24) is 10.2 Å².